The molecule has 0 aliphatic carbocycles. The first-order valence-corrected chi connectivity index (χ1v) is 8.93. The van der Waals surface area contributed by atoms with Crippen molar-refractivity contribution in [3.05, 3.63) is 28.8 Å². The quantitative estimate of drug-likeness (QED) is 0.803. The summed E-state index contributed by atoms with van der Waals surface area (Å²) in [7, 11) is 0. The molecule has 0 spiro atoms. The molecule has 2 atom stereocenters. The fraction of sp³-hybridized carbons (Fsp3) is 0.526. The second-order valence-corrected chi connectivity index (χ2v) is 7.94. The van der Waals surface area contributed by atoms with Crippen molar-refractivity contribution in [2.24, 2.45) is 0 Å². The van der Waals surface area contributed by atoms with Gasteiger partial charge in [-0.05, 0) is 63.8 Å². The largest absolute Gasteiger partial charge is 0.480 e. The van der Waals surface area contributed by atoms with Crippen molar-refractivity contribution >= 4 is 35.1 Å². The highest BCUT2D eigenvalue weighted by atomic mass is 35.5. The van der Waals surface area contributed by atoms with E-state index in [-0.39, 0.29) is 30.6 Å². The van der Waals surface area contributed by atoms with Crippen LogP contribution in [0.3, 0.4) is 0 Å². The number of anilines is 1. The van der Waals surface area contributed by atoms with Crippen LogP contribution in [0, 0.1) is 0 Å². The Morgan fingerprint density at radius 3 is 2.62 bits per heavy atom. The predicted molar refractivity (Wildman–Crippen MR) is 98.5 cm³/mol. The Labute approximate surface area is 158 Å². The molecule has 6 nitrogen and oxygen atoms in total. The summed E-state index contributed by atoms with van der Waals surface area (Å²) in [4.78, 5) is 37.6. The number of carbonyl (C=O) groups is 3. The van der Waals surface area contributed by atoms with Crippen LogP contribution in [-0.4, -0.2) is 34.6 Å². The van der Waals surface area contributed by atoms with E-state index in [4.69, 9.17) is 16.3 Å². The third-order valence-corrected chi connectivity index (χ3v) is 4.48. The first-order chi connectivity index (χ1) is 12.0. The molecule has 2 rings (SSSR count). The first kappa shape index (κ1) is 20.2. The van der Waals surface area contributed by atoms with Crippen LogP contribution in [0.25, 0.3) is 0 Å². The molecule has 1 aromatic rings. The standard InChI is InChI=1S/C19H24ClNO5/c1-11(18(24)25)21-15-7-6-13(20)10-14(15)12(5-8-16(21)22)9-17(23)26-19(2,3)4/h6-7,10-12H,5,8-9H2,1-4H3,(H,24,25). The van der Waals surface area contributed by atoms with Gasteiger partial charge in [0.1, 0.15) is 11.6 Å². The predicted octanol–water partition coefficient (Wildman–Crippen LogP) is 3.76. The van der Waals surface area contributed by atoms with E-state index in [1.807, 2.05) is 0 Å². The second kappa shape index (κ2) is 7.66. The van der Waals surface area contributed by atoms with Crippen LogP contribution in [0.4, 0.5) is 5.69 Å². The SMILES string of the molecule is CC(C(=O)O)N1C(=O)CCC(CC(=O)OC(C)(C)C)c2cc(Cl)ccc21. The van der Waals surface area contributed by atoms with Crippen LogP contribution < -0.4 is 4.90 Å². The minimum Gasteiger partial charge on any atom is -0.480 e. The molecule has 1 aromatic carbocycles. The summed E-state index contributed by atoms with van der Waals surface area (Å²) in [6, 6.07) is 3.95. The van der Waals surface area contributed by atoms with Gasteiger partial charge in [-0.3, -0.25) is 14.5 Å². The number of halogens is 1. The molecule has 1 aliphatic rings. The van der Waals surface area contributed by atoms with Crippen LogP contribution in [0.15, 0.2) is 18.2 Å². The van der Waals surface area contributed by atoms with Gasteiger partial charge >= 0.3 is 11.9 Å². The average Bonchev–Trinajstić information content (AvgIpc) is 2.62. The molecule has 0 radical (unpaired) electrons. The van der Waals surface area contributed by atoms with Gasteiger partial charge in [-0.1, -0.05) is 11.6 Å². The van der Waals surface area contributed by atoms with Gasteiger partial charge in [-0.25, -0.2) is 4.79 Å². The normalized spacial score (nSPS) is 18.7. The summed E-state index contributed by atoms with van der Waals surface area (Å²) in [5, 5.41) is 9.84. The second-order valence-electron chi connectivity index (χ2n) is 7.51. The van der Waals surface area contributed by atoms with E-state index in [1.165, 1.54) is 11.8 Å². The molecule has 1 aliphatic heterocycles. The highest BCUT2D eigenvalue weighted by molar-refractivity contribution is 6.30. The van der Waals surface area contributed by atoms with Crippen molar-refractivity contribution in [2.45, 2.75) is 64.5 Å². The topological polar surface area (TPSA) is 83.9 Å². The number of fused-ring (bicyclic) bond motifs is 1. The molecule has 2 unspecified atom stereocenters. The maximum Gasteiger partial charge on any atom is 0.326 e. The number of esters is 1. The molecule has 0 bridgehead atoms. The number of nitrogens with zero attached hydrogens (tertiary/aromatic N) is 1. The summed E-state index contributed by atoms with van der Waals surface area (Å²) < 4.78 is 5.40. The molecule has 7 heteroatoms. The lowest BCUT2D eigenvalue weighted by Crippen LogP contribution is -2.43. The Balaban J connectivity index is 2.42. The lowest BCUT2D eigenvalue weighted by Gasteiger charge is -2.28. The van der Waals surface area contributed by atoms with E-state index in [1.54, 1.807) is 39.0 Å². The van der Waals surface area contributed by atoms with Crippen molar-refractivity contribution < 1.29 is 24.2 Å². The van der Waals surface area contributed by atoms with Crippen LogP contribution >= 0.6 is 11.6 Å². The highest BCUT2D eigenvalue weighted by Crippen LogP contribution is 2.39. The molecular formula is C19H24ClNO5. The number of benzene rings is 1. The molecule has 1 N–H and O–H groups in total. The van der Waals surface area contributed by atoms with Gasteiger partial charge in [0.15, 0.2) is 0 Å². The van der Waals surface area contributed by atoms with E-state index in [2.05, 4.69) is 0 Å². The van der Waals surface area contributed by atoms with Gasteiger partial charge in [0.05, 0.1) is 6.42 Å². The molecule has 0 fully saturated rings. The molecular weight excluding hydrogens is 358 g/mol. The van der Waals surface area contributed by atoms with E-state index in [0.29, 0.717) is 22.7 Å². The van der Waals surface area contributed by atoms with Crippen LogP contribution in [0.1, 0.15) is 58.4 Å². The van der Waals surface area contributed by atoms with E-state index >= 15 is 0 Å². The number of amides is 1. The first-order valence-electron chi connectivity index (χ1n) is 8.55. The van der Waals surface area contributed by atoms with Crippen molar-refractivity contribution in [1.82, 2.24) is 0 Å². The molecule has 142 valence electrons. The number of aliphatic carboxylic acids is 1. The van der Waals surface area contributed by atoms with Crippen LogP contribution in [0.5, 0.6) is 0 Å². The minimum absolute atomic E-state index is 0.104. The summed E-state index contributed by atoms with van der Waals surface area (Å²) >= 11 is 6.13. The third-order valence-electron chi connectivity index (χ3n) is 4.24. The smallest absolute Gasteiger partial charge is 0.326 e. The zero-order valence-corrected chi connectivity index (χ0v) is 16.2. The molecule has 1 heterocycles. The molecule has 1 amide bonds. The average molecular weight is 382 g/mol. The summed E-state index contributed by atoms with van der Waals surface area (Å²) in [5.41, 5.74) is 0.584. The molecule has 26 heavy (non-hydrogen) atoms. The Kier molecular flexibility index (Phi) is 5.96. The number of hydrogen-bond acceptors (Lipinski definition) is 4. The Bertz CT molecular complexity index is 725. The van der Waals surface area contributed by atoms with Crippen LogP contribution in [0.2, 0.25) is 5.02 Å². The monoisotopic (exact) mass is 381 g/mol. The van der Waals surface area contributed by atoms with E-state index < -0.39 is 17.6 Å². The van der Waals surface area contributed by atoms with E-state index in [9.17, 15) is 19.5 Å². The Hall–Kier alpha value is -2.08. The lowest BCUT2D eigenvalue weighted by molar-refractivity contribution is -0.155. The zero-order chi connectivity index (χ0) is 19.6. The van der Waals surface area contributed by atoms with Crippen LogP contribution in [-0.2, 0) is 19.1 Å². The number of hydrogen-bond donors (Lipinski definition) is 1. The maximum absolute atomic E-state index is 12.6. The van der Waals surface area contributed by atoms with Crippen molar-refractivity contribution in [1.29, 1.82) is 0 Å². The number of ether oxygens (including phenoxy) is 1. The van der Waals surface area contributed by atoms with Gasteiger partial charge in [0, 0.05) is 17.1 Å². The molecule has 0 aromatic heterocycles. The fourth-order valence-electron chi connectivity index (χ4n) is 3.11. The van der Waals surface area contributed by atoms with Gasteiger partial charge in [-0.15, -0.1) is 0 Å². The maximum atomic E-state index is 12.6. The van der Waals surface area contributed by atoms with E-state index in [0.717, 1.165) is 0 Å². The van der Waals surface area contributed by atoms with Gasteiger partial charge in [0.2, 0.25) is 5.91 Å². The van der Waals surface area contributed by atoms with Gasteiger partial charge in [0.25, 0.3) is 0 Å². The van der Waals surface area contributed by atoms with Crippen molar-refractivity contribution in [3.8, 4) is 0 Å². The summed E-state index contributed by atoms with van der Waals surface area (Å²) in [6.45, 7) is 6.85. The molecule has 0 saturated carbocycles. The lowest BCUT2D eigenvalue weighted by atomic mass is 9.91. The van der Waals surface area contributed by atoms with Gasteiger partial charge < -0.3 is 9.84 Å². The molecule has 0 saturated heterocycles. The van der Waals surface area contributed by atoms with Crippen molar-refractivity contribution in [2.75, 3.05) is 4.90 Å². The highest BCUT2D eigenvalue weighted by Gasteiger charge is 2.35. The Morgan fingerprint density at radius 2 is 2.04 bits per heavy atom. The zero-order valence-electron chi connectivity index (χ0n) is 15.4. The number of carboxylic acid groups (broad SMARTS) is 1. The third kappa shape index (κ3) is 4.75. The fourth-order valence-corrected chi connectivity index (χ4v) is 3.29. The number of rotatable bonds is 4. The number of carboxylic acids is 1. The minimum atomic E-state index is -1.09. The van der Waals surface area contributed by atoms with Gasteiger partial charge in [-0.2, -0.15) is 0 Å². The summed E-state index contributed by atoms with van der Waals surface area (Å²) in [5.74, 6) is -2.01. The summed E-state index contributed by atoms with van der Waals surface area (Å²) in [6.07, 6.45) is 0.679. The van der Waals surface area contributed by atoms with Crippen molar-refractivity contribution in [3.63, 3.8) is 0 Å². The Morgan fingerprint density at radius 1 is 1.38 bits per heavy atom. The number of carbonyl (C=O) groups excluding carboxylic acids is 2.